The molecule has 13 rings (SSSR count). The van der Waals surface area contributed by atoms with Crippen LogP contribution in [-0.4, -0.2) is 9.13 Å². The van der Waals surface area contributed by atoms with Gasteiger partial charge in [0.05, 0.1) is 33.4 Å². The molecule has 0 bridgehead atoms. The zero-order valence-electron chi connectivity index (χ0n) is 36.0. The summed E-state index contributed by atoms with van der Waals surface area (Å²) < 4.78 is 4.88. The van der Waals surface area contributed by atoms with Gasteiger partial charge in [-0.25, -0.2) is 0 Å². The van der Waals surface area contributed by atoms with Gasteiger partial charge >= 0.3 is 0 Å². The number of fused-ring (bicyclic) bond motifs is 8. The zero-order chi connectivity index (χ0) is 43.6. The molecule has 0 amide bonds. The van der Waals surface area contributed by atoms with Crippen LogP contribution in [0.4, 0.5) is 34.1 Å². The summed E-state index contributed by atoms with van der Waals surface area (Å²) in [6, 6.07) is 92.7. The first-order chi connectivity index (χ1) is 32.7. The smallest absolute Gasteiger partial charge is 0.0583 e. The van der Waals surface area contributed by atoms with Gasteiger partial charge in [0.1, 0.15) is 0 Å². The fourth-order valence-electron chi connectivity index (χ4n) is 10.3. The highest BCUT2D eigenvalue weighted by atomic mass is 15.2. The van der Waals surface area contributed by atoms with E-state index in [0.29, 0.717) is 0 Å². The van der Waals surface area contributed by atoms with Crippen LogP contribution in [0.3, 0.4) is 0 Å². The Balaban J connectivity index is 1.14. The zero-order valence-corrected chi connectivity index (χ0v) is 36.0. The van der Waals surface area contributed by atoms with Crippen molar-refractivity contribution < 1.29 is 0 Å². The number of benzene rings is 11. The van der Waals surface area contributed by atoms with Crippen LogP contribution >= 0.6 is 0 Å². The molecule has 66 heavy (non-hydrogen) atoms. The van der Waals surface area contributed by atoms with Crippen molar-refractivity contribution in [3.63, 3.8) is 0 Å². The molecule has 2 aromatic heterocycles. The molecular formula is C62H42N4. The number of hydrogen-bond donors (Lipinski definition) is 0. The summed E-state index contributed by atoms with van der Waals surface area (Å²) >= 11 is 0. The van der Waals surface area contributed by atoms with E-state index in [0.717, 1.165) is 62.0 Å². The van der Waals surface area contributed by atoms with Crippen LogP contribution in [0, 0.1) is 0 Å². The minimum Gasteiger partial charge on any atom is -0.310 e. The lowest BCUT2D eigenvalue weighted by atomic mass is 10.0. The van der Waals surface area contributed by atoms with Gasteiger partial charge in [0.15, 0.2) is 0 Å². The van der Waals surface area contributed by atoms with Crippen LogP contribution in [0.25, 0.3) is 76.5 Å². The van der Waals surface area contributed by atoms with Crippen molar-refractivity contribution in [3.8, 4) is 11.4 Å². The largest absolute Gasteiger partial charge is 0.310 e. The Bertz CT molecular complexity index is 3890. The molecule has 0 saturated carbocycles. The van der Waals surface area contributed by atoms with Crippen LogP contribution < -0.4 is 9.80 Å². The SMILES string of the molecule is c1ccc(N(c2ccc3c(c2)c2cc4ccccc4cc2n3-c2ccccc2)c2cc(N(c3ccccc3)c3ccccc3)c3c4ccccc4n(-c4ccc5ccccc5c4)c3c2)cc1. The van der Waals surface area contributed by atoms with Crippen molar-refractivity contribution in [2.45, 2.75) is 0 Å². The number of anilines is 6. The van der Waals surface area contributed by atoms with Crippen molar-refractivity contribution >= 4 is 99.3 Å². The molecule has 0 aliphatic rings. The molecule has 310 valence electrons. The first-order valence-corrected chi connectivity index (χ1v) is 22.6. The quantitative estimate of drug-likeness (QED) is 0.152. The monoisotopic (exact) mass is 842 g/mol. The maximum atomic E-state index is 2.46. The van der Waals surface area contributed by atoms with Gasteiger partial charge < -0.3 is 18.9 Å². The van der Waals surface area contributed by atoms with Crippen molar-refractivity contribution in [1.29, 1.82) is 0 Å². The highest BCUT2D eigenvalue weighted by Crippen LogP contribution is 2.49. The van der Waals surface area contributed by atoms with Crippen molar-refractivity contribution in [1.82, 2.24) is 9.13 Å². The molecule has 0 aliphatic carbocycles. The Labute approximate surface area is 382 Å². The van der Waals surface area contributed by atoms with Crippen LogP contribution in [0.2, 0.25) is 0 Å². The molecule has 0 atom stereocenters. The van der Waals surface area contributed by atoms with Gasteiger partial charge in [0.25, 0.3) is 0 Å². The van der Waals surface area contributed by atoms with E-state index in [-0.39, 0.29) is 0 Å². The van der Waals surface area contributed by atoms with E-state index in [2.05, 4.69) is 274 Å². The third kappa shape index (κ3) is 6.15. The predicted molar refractivity (Wildman–Crippen MR) is 279 cm³/mol. The van der Waals surface area contributed by atoms with Gasteiger partial charge in [-0.15, -0.1) is 0 Å². The maximum absolute atomic E-state index is 2.46. The Morgan fingerprint density at radius 2 is 0.758 bits per heavy atom. The second-order valence-corrected chi connectivity index (χ2v) is 17.0. The summed E-state index contributed by atoms with van der Waals surface area (Å²) in [7, 11) is 0. The normalized spacial score (nSPS) is 11.6. The highest BCUT2D eigenvalue weighted by Gasteiger charge is 2.26. The van der Waals surface area contributed by atoms with Crippen LogP contribution in [0.5, 0.6) is 0 Å². The van der Waals surface area contributed by atoms with E-state index in [1.807, 2.05) is 0 Å². The van der Waals surface area contributed by atoms with Crippen LogP contribution in [0.1, 0.15) is 0 Å². The number of para-hydroxylation sites is 5. The summed E-state index contributed by atoms with van der Waals surface area (Å²) in [5.41, 5.74) is 13.3. The number of hydrogen-bond acceptors (Lipinski definition) is 2. The van der Waals surface area contributed by atoms with E-state index >= 15 is 0 Å². The first kappa shape index (κ1) is 37.7. The Morgan fingerprint density at radius 3 is 1.44 bits per heavy atom. The molecule has 0 spiro atoms. The molecule has 11 aromatic carbocycles. The maximum Gasteiger partial charge on any atom is 0.0583 e. The third-order valence-corrected chi connectivity index (χ3v) is 13.2. The molecule has 0 unspecified atom stereocenters. The number of nitrogens with zero attached hydrogens (tertiary/aromatic N) is 4. The lowest BCUT2D eigenvalue weighted by Crippen LogP contribution is -2.14. The van der Waals surface area contributed by atoms with E-state index < -0.39 is 0 Å². The summed E-state index contributed by atoms with van der Waals surface area (Å²) in [5.74, 6) is 0. The molecule has 0 N–H and O–H groups in total. The molecule has 4 heteroatoms. The molecule has 2 heterocycles. The average Bonchev–Trinajstić information content (AvgIpc) is 3.89. The second kappa shape index (κ2) is 15.4. The number of rotatable bonds is 8. The van der Waals surface area contributed by atoms with Crippen molar-refractivity contribution in [3.05, 3.63) is 255 Å². The molecule has 0 radical (unpaired) electrons. The van der Waals surface area contributed by atoms with Gasteiger partial charge in [-0.3, -0.25) is 0 Å². The lowest BCUT2D eigenvalue weighted by Gasteiger charge is -2.30. The molecule has 13 aromatic rings. The van der Waals surface area contributed by atoms with E-state index in [1.54, 1.807) is 0 Å². The Hall–Kier alpha value is -8.86. The topological polar surface area (TPSA) is 16.3 Å². The number of aromatic nitrogens is 2. The van der Waals surface area contributed by atoms with Crippen LogP contribution in [-0.2, 0) is 0 Å². The first-order valence-electron chi connectivity index (χ1n) is 22.6. The average molecular weight is 843 g/mol. The third-order valence-electron chi connectivity index (χ3n) is 13.2. The molecule has 0 saturated heterocycles. The minimum atomic E-state index is 1.04. The van der Waals surface area contributed by atoms with Crippen LogP contribution in [0.15, 0.2) is 255 Å². The van der Waals surface area contributed by atoms with Gasteiger partial charge in [0.2, 0.25) is 0 Å². The molecule has 0 aliphatic heterocycles. The fourth-order valence-corrected chi connectivity index (χ4v) is 10.3. The molecule has 0 fully saturated rings. The van der Waals surface area contributed by atoms with E-state index in [4.69, 9.17) is 0 Å². The summed E-state index contributed by atoms with van der Waals surface area (Å²) in [4.78, 5) is 4.86. The minimum absolute atomic E-state index is 1.04. The summed E-state index contributed by atoms with van der Waals surface area (Å²) in [6.07, 6.45) is 0. The van der Waals surface area contributed by atoms with Gasteiger partial charge in [-0.05, 0) is 131 Å². The Morgan fingerprint density at radius 1 is 0.242 bits per heavy atom. The lowest BCUT2D eigenvalue weighted by molar-refractivity contribution is 1.18. The van der Waals surface area contributed by atoms with Gasteiger partial charge in [0, 0.05) is 55.7 Å². The highest BCUT2D eigenvalue weighted by molar-refractivity contribution is 6.19. The second-order valence-electron chi connectivity index (χ2n) is 17.0. The standard InChI is InChI=1S/C62H42N4/c1-5-23-47(24-6-1)63(52-35-36-58-56(40-52)55-38-45-21-15-16-22-46(45)39-59(55)65(58)50-29-11-4-12-30-50)53-41-60(64(48-25-7-2-8-26-48)49-27-9-3-10-28-49)62-54-31-17-18-32-57(54)66(61(62)42-53)51-34-33-43-19-13-14-20-44(43)37-51/h1-42H. The van der Waals surface area contributed by atoms with Crippen molar-refractivity contribution in [2.75, 3.05) is 9.80 Å². The fraction of sp³-hybridized carbons (Fsp3) is 0. The van der Waals surface area contributed by atoms with E-state index in [1.165, 1.54) is 48.6 Å². The van der Waals surface area contributed by atoms with Crippen molar-refractivity contribution in [2.24, 2.45) is 0 Å². The molecule has 4 nitrogen and oxygen atoms in total. The van der Waals surface area contributed by atoms with Gasteiger partial charge in [-0.1, -0.05) is 146 Å². The predicted octanol–water partition coefficient (Wildman–Crippen LogP) is 17.1. The summed E-state index contributed by atoms with van der Waals surface area (Å²) in [5, 5.41) is 9.64. The molecular weight excluding hydrogens is 801 g/mol. The van der Waals surface area contributed by atoms with E-state index in [9.17, 15) is 0 Å². The Kier molecular flexibility index (Phi) is 8.81. The van der Waals surface area contributed by atoms with Gasteiger partial charge in [-0.2, -0.15) is 0 Å². The summed E-state index contributed by atoms with van der Waals surface area (Å²) in [6.45, 7) is 0.